The molecular formula is C23H21FN4O2S. The number of nitrogens with one attached hydrogen (secondary N) is 1. The van der Waals surface area contributed by atoms with Crippen molar-refractivity contribution >= 4 is 38.8 Å². The molecule has 0 unspecified atom stereocenters. The molecule has 1 fully saturated rings. The number of rotatable bonds is 4. The molecule has 1 saturated heterocycles. The van der Waals surface area contributed by atoms with Crippen LogP contribution in [0.4, 0.5) is 15.8 Å². The number of carbonyl (C=O) groups excluding carboxylic acids is 1. The molecular weight excluding hydrogens is 415 g/mol. The van der Waals surface area contributed by atoms with Crippen LogP contribution in [0.5, 0.6) is 0 Å². The van der Waals surface area contributed by atoms with E-state index in [1.54, 1.807) is 12.1 Å². The first-order valence-electron chi connectivity index (χ1n) is 10.1. The molecule has 3 heterocycles. The molecule has 0 aliphatic carbocycles. The summed E-state index contributed by atoms with van der Waals surface area (Å²) in [5.41, 5.74) is 2.61. The second kappa shape index (κ2) is 7.79. The Labute approximate surface area is 182 Å². The maximum atomic E-state index is 14.6. The van der Waals surface area contributed by atoms with Crippen LogP contribution in [0, 0.1) is 12.7 Å². The average Bonchev–Trinajstić information content (AvgIpc) is 3.46. The minimum absolute atomic E-state index is 0.288. The van der Waals surface area contributed by atoms with E-state index < -0.39 is 11.9 Å². The zero-order valence-corrected chi connectivity index (χ0v) is 17.7. The van der Waals surface area contributed by atoms with Crippen molar-refractivity contribution in [3.63, 3.8) is 0 Å². The van der Waals surface area contributed by atoms with Crippen molar-refractivity contribution < 1.29 is 14.3 Å². The third-order valence-corrected chi connectivity index (χ3v) is 6.59. The molecule has 1 atom stereocenters. The normalized spacial score (nSPS) is 16.2. The van der Waals surface area contributed by atoms with Crippen molar-refractivity contribution in [3.8, 4) is 5.69 Å². The number of hydrogen-bond donors (Lipinski definition) is 2. The van der Waals surface area contributed by atoms with Crippen molar-refractivity contribution in [2.75, 3.05) is 23.3 Å². The molecule has 158 valence electrons. The fourth-order valence-electron chi connectivity index (χ4n) is 3.90. The summed E-state index contributed by atoms with van der Waals surface area (Å²) in [7, 11) is 0. The third kappa shape index (κ3) is 3.68. The van der Waals surface area contributed by atoms with Crippen LogP contribution in [0.15, 0.2) is 54.6 Å². The second-order valence-electron chi connectivity index (χ2n) is 7.67. The monoisotopic (exact) mass is 436 g/mol. The van der Waals surface area contributed by atoms with E-state index >= 15 is 0 Å². The Balaban J connectivity index is 1.39. The van der Waals surface area contributed by atoms with Gasteiger partial charge in [-0.1, -0.05) is 18.2 Å². The van der Waals surface area contributed by atoms with Gasteiger partial charge in [-0.25, -0.2) is 9.07 Å². The molecule has 0 bridgehead atoms. The Kier molecular flexibility index (Phi) is 4.95. The summed E-state index contributed by atoms with van der Waals surface area (Å²) in [6.45, 7) is 2.95. The minimum Gasteiger partial charge on any atom is -0.391 e. The summed E-state index contributed by atoms with van der Waals surface area (Å²) >= 11 is 1.35. The number of thiophene rings is 1. The number of aryl methyl sites for hydroxylation is 1. The molecule has 5 rings (SSSR count). The molecule has 4 aromatic rings. The van der Waals surface area contributed by atoms with Crippen molar-refractivity contribution in [1.82, 2.24) is 9.78 Å². The third-order valence-electron chi connectivity index (χ3n) is 5.48. The predicted molar refractivity (Wildman–Crippen MR) is 121 cm³/mol. The van der Waals surface area contributed by atoms with Gasteiger partial charge in [0.15, 0.2) is 0 Å². The van der Waals surface area contributed by atoms with E-state index in [0.717, 1.165) is 21.6 Å². The fourth-order valence-corrected chi connectivity index (χ4v) is 4.98. The Morgan fingerprint density at radius 3 is 2.74 bits per heavy atom. The Hall–Kier alpha value is -3.23. The number of aliphatic hydroxyl groups excluding tert-OH is 1. The highest BCUT2D eigenvalue weighted by Gasteiger charge is 2.23. The lowest BCUT2D eigenvalue weighted by molar-refractivity contribution is 0.103. The van der Waals surface area contributed by atoms with Gasteiger partial charge < -0.3 is 15.3 Å². The van der Waals surface area contributed by atoms with Crippen LogP contribution in [-0.2, 0) is 0 Å². The number of hydrogen-bond acceptors (Lipinski definition) is 5. The molecule has 2 N–H and O–H groups in total. The van der Waals surface area contributed by atoms with Gasteiger partial charge in [-0.2, -0.15) is 5.10 Å². The van der Waals surface area contributed by atoms with Crippen LogP contribution >= 0.6 is 11.3 Å². The van der Waals surface area contributed by atoms with Gasteiger partial charge >= 0.3 is 0 Å². The molecule has 2 aromatic carbocycles. The molecule has 0 spiro atoms. The van der Waals surface area contributed by atoms with E-state index in [0.29, 0.717) is 35.8 Å². The van der Waals surface area contributed by atoms with Crippen LogP contribution in [-0.4, -0.2) is 40.0 Å². The molecule has 1 aliphatic heterocycles. The predicted octanol–water partition coefficient (Wildman–Crippen LogP) is 4.36. The zero-order chi connectivity index (χ0) is 21.5. The van der Waals surface area contributed by atoms with E-state index in [2.05, 4.69) is 10.4 Å². The number of carbonyl (C=O) groups is 1. The van der Waals surface area contributed by atoms with Crippen molar-refractivity contribution in [2.45, 2.75) is 19.4 Å². The van der Waals surface area contributed by atoms with Gasteiger partial charge in [-0.3, -0.25) is 4.79 Å². The summed E-state index contributed by atoms with van der Waals surface area (Å²) in [5, 5.41) is 18.0. The number of benzene rings is 2. The van der Waals surface area contributed by atoms with E-state index in [1.807, 2.05) is 52.9 Å². The highest BCUT2D eigenvalue weighted by Crippen LogP contribution is 2.31. The molecule has 1 amide bonds. The lowest BCUT2D eigenvalue weighted by atomic mass is 10.2. The lowest BCUT2D eigenvalue weighted by Crippen LogP contribution is -2.22. The Morgan fingerprint density at radius 2 is 2.03 bits per heavy atom. The molecule has 8 heteroatoms. The SMILES string of the molecule is Cc1nn(-c2ccccc2)c2sc(C(=O)Nc3ccc(N4CC[C@@H](O)C4)c(F)c3)cc12. The molecule has 0 radical (unpaired) electrons. The second-order valence-corrected chi connectivity index (χ2v) is 8.70. The number of para-hydroxylation sites is 1. The first kappa shape index (κ1) is 19.7. The number of aliphatic hydroxyl groups is 1. The zero-order valence-electron chi connectivity index (χ0n) is 16.9. The van der Waals surface area contributed by atoms with Gasteiger partial charge in [0.25, 0.3) is 5.91 Å². The molecule has 0 saturated carbocycles. The largest absolute Gasteiger partial charge is 0.391 e. The van der Waals surface area contributed by atoms with Gasteiger partial charge in [0.2, 0.25) is 0 Å². The Bertz CT molecular complexity index is 1270. The van der Waals surface area contributed by atoms with Gasteiger partial charge in [0.1, 0.15) is 10.6 Å². The summed E-state index contributed by atoms with van der Waals surface area (Å²) in [6, 6.07) is 16.2. The molecule has 31 heavy (non-hydrogen) atoms. The van der Waals surface area contributed by atoms with Crippen LogP contribution in [0.25, 0.3) is 15.9 Å². The van der Waals surface area contributed by atoms with Crippen LogP contribution in [0.3, 0.4) is 0 Å². The fraction of sp³-hybridized carbons (Fsp3) is 0.217. The standard InChI is InChI=1S/C23H21FN4O2S/c1-14-18-12-21(31-23(18)28(26-14)16-5-3-2-4-6-16)22(30)25-15-7-8-20(19(24)11-15)27-10-9-17(29)13-27/h2-8,11-12,17,29H,9-10,13H2,1H3,(H,25,30)/t17-/m1/s1. The van der Waals surface area contributed by atoms with Gasteiger partial charge in [-0.05, 0) is 49.7 Å². The molecule has 6 nitrogen and oxygen atoms in total. The number of nitrogens with zero attached hydrogens (tertiary/aromatic N) is 3. The van der Waals surface area contributed by atoms with E-state index in [1.165, 1.54) is 17.4 Å². The van der Waals surface area contributed by atoms with Gasteiger partial charge in [0, 0.05) is 24.2 Å². The molecule has 1 aliphatic rings. The first-order valence-corrected chi connectivity index (χ1v) is 10.9. The summed E-state index contributed by atoms with van der Waals surface area (Å²) in [5.74, 6) is -0.706. The summed E-state index contributed by atoms with van der Waals surface area (Å²) in [4.78, 5) is 16.1. The smallest absolute Gasteiger partial charge is 0.265 e. The van der Waals surface area contributed by atoms with Crippen molar-refractivity contribution in [2.24, 2.45) is 0 Å². The highest BCUT2D eigenvalue weighted by atomic mass is 32.1. The van der Waals surface area contributed by atoms with E-state index in [4.69, 9.17) is 0 Å². The highest BCUT2D eigenvalue weighted by molar-refractivity contribution is 7.20. The number of amides is 1. The average molecular weight is 437 g/mol. The number of anilines is 2. The van der Waals surface area contributed by atoms with E-state index in [9.17, 15) is 14.3 Å². The van der Waals surface area contributed by atoms with Gasteiger partial charge in [-0.15, -0.1) is 11.3 Å². The number of fused-ring (bicyclic) bond motifs is 1. The maximum absolute atomic E-state index is 14.6. The quantitative estimate of drug-likeness (QED) is 0.499. The van der Waals surface area contributed by atoms with Gasteiger partial charge in [0.05, 0.1) is 28.0 Å². The molecule has 2 aromatic heterocycles. The first-order chi connectivity index (χ1) is 15.0. The van der Waals surface area contributed by atoms with E-state index in [-0.39, 0.29) is 5.91 Å². The van der Waals surface area contributed by atoms with Crippen molar-refractivity contribution in [1.29, 1.82) is 0 Å². The number of halogens is 1. The van der Waals surface area contributed by atoms with Crippen LogP contribution in [0.2, 0.25) is 0 Å². The maximum Gasteiger partial charge on any atom is 0.265 e. The Morgan fingerprint density at radius 1 is 1.23 bits per heavy atom. The van der Waals surface area contributed by atoms with Crippen LogP contribution in [0.1, 0.15) is 21.8 Å². The minimum atomic E-state index is -0.429. The number of aromatic nitrogens is 2. The lowest BCUT2D eigenvalue weighted by Gasteiger charge is -2.19. The van der Waals surface area contributed by atoms with Crippen LogP contribution < -0.4 is 10.2 Å². The summed E-state index contributed by atoms with van der Waals surface area (Å²) < 4.78 is 16.4. The number of β-amino-alcohol motifs (C(OH)–C–C–N with tert-alkyl or cyclic N) is 1. The van der Waals surface area contributed by atoms with Crippen molar-refractivity contribution in [3.05, 3.63) is 71.0 Å². The topological polar surface area (TPSA) is 70.4 Å². The summed E-state index contributed by atoms with van der Waals surface area (Å²) in [6.07, 6.45) is 0.200.